The quantitative estimate of drug-likeness (QED) is 0.543. The summed E-state index contributed by atoms with van der Waals surface area (Å²) < 4.78 is 5.03. The minimum Gasteiger partial charge on any atom is -0.497 e. The molecule has 1 rings (SSSR count). The number of carbonyl (C=O) groups is 2. The van der Waals surface area contributed by atoms with Crippen LogP contribution in [0.15, 0.2) is 29.8 Å². The number of allylic oxidation sites excluding steroid dienone is 1. The Balaban J connectivity index is 2.77. The zero-order valence-electron chi connectivity index (χ0n) is 9.18. The van der Waals surface area contributed by atoms with Crippen molar-refractivity contribution in [1.82, 2.24) is 0 Å². The molecule has 0 amide bonds. The van der Waals surface area contributed by atoms with Gasteiger partial charge in [-0.3, -0.25) is 4.79 Å². The van der Waals surface area contributed by atoms with Crippen LogP contribution < -0.4 is 4.74 Å². The molecule has 0 unspecified atom stereocenters. The van der Waals surface area contributed by atoms with Gasteiger partial charge in [0, 0.05) is 6.42 Å². The molecule has 3 nitrogen and oxygen atoms in total. The smallest absolute Gasteiger partial charge is 0.146 e. The van der Waals surface area contributed by atoms with Gasteiger partial charge in [0.15, 0.2) is 0 Å². The Morgan fingerprint density at radius 1 is 1.25 bits per heavy atom. The molecule has 84 valence electrons. The highest BCUT2D eigenvalue weighted by atomic mass is 16.5. The first-order valence-corrected chi connectivity index (χ1v) is 5.03. The van der Waals surface area contributed by atoms with Crippen molar-refractivity contribution >= 4 is 18.6 Å². The molecule has 0 aliphatic carbocycles. The molecule has 1 aromatic carbocycles. The van der Waals surface area contributed by atoms with Crippen LogP contribution in [-0.2, 0) is 9.59 Å². The van der Waals surface area contributed by atoms with E-state index in [2.05, 4.69) is 0 Å². The Kier molecular flexibility index (Phi) is 4.99. The average molecular weight is 218 g/mol. The first-order chi connectivity index (χ1) is 7.80. The third-order valence-corrected chi connectivity index (χ3v) is 2.17. The summed E-state index contributed by atoms with van der Waals surface area (Å²) in [6.07, 6.45) is 4.23. The van der Waals surface area contributed by atoms with Gasteiger partial charge in [-0.1, -0.05) is 12.1 Å². The minimum atomic E-state index is 0.376. The molecule has 3 heteroatoms. The molecular formula is C13H14O3. The number of carbonyl (C=O) groups excluding carboxylic acids is 2. The van der Waals surface area contributed by atoms with Crippen LogP contribution in [-0.4, -0.2) is 19.7 Å². The van der Waals surface area contributed by atoms with Crippen molar-refractivity contribution in [3.8, 4) is 5.75 Å². The van der Waals surface area contributed by atoms with Gasteiger partial charge >= 0.3 is 0 Å². The lowest BCUT2D eigenvalue weighted by atomic mass is 10.1. The first-order valence-electron chi connectivity index (χ1n) is 5.03. The molecule has 0 bridgehead atoms. The maximum absolute atomic E-state index is 10.7. The molecule has 1 aromatic rings. The standard InChI is InChI=1S/C13H14O3/c1-16-13-6-4-11(5-7-13)9-12(10-15)3-2-8-14/h4-10H,2-3H2,1H3. The summed E-state index contributed by atoms with van der Waals surface area (Å²) in [5.74, 6) is 0.776. The van der Waals surface area contributed by atoms with Gasteiger partial charge in [-0.05, 0) is 35.8 Å². The molecule has 0 aromatic heterocycles. The third-order valence-electron chi connectivity index (χ3n) is 2.17. The Labute approximate surface area is 94.7 Å². The number of hydrogen-bond donors (Lipinski definition) is 0. The molecule has 16 heavy (non-hydrogen) atoms. The van der Waals surface area contributed by atoms with Gasteiger partial charge in [-0.2, -0.15) is 0 Å². The largest absolute Gasteiger partial charge is 0.497 e. The Bertz CT molecular complexity index is 377. The maximum atomic E-state index is 10.7. The summed E-state index contributed by atoms with van der Waals surface area (Å²) in [5.41, 5.74) is 1.55. The van der Waals surface area contributed by atoms with Crippen LogP contribution in [0.25, 0.3) is 6.08 Å². The molecule has 0 saturated heterocycles. The van der Waals surface area contributed by atoms with Crippen molar-refractivity contribution in [3.63, 3.8) is 0 Å². The Morgan fingerprint density at radius 3 is 2.44 bits per heavy atom. The molecule has 0 atom stereocenters. The summed E-state index contributed by atoms with van der Waals surface area (Å²) in [7, 11) is 1.60. The molecule has 0 spiro atoms. The van der Waals surface area contributed by atoms with Crippen LogP contribution in [0.2, 0.25) is 0 Å². The van der Waals surface area contributed by atoms with E-state index >= 15 is 0 Å². The van der Waals surface area contributed by atoms with E-state index in [1.807, 2.05) is 24.3 Å². The lowest BCUT2D eigenvalue weighted by Gasteiger charge is -2.00. The highest BCUT2D eigenvalue weighted by Crippen LogP contribution is 2.14. The summed E-state index contributed by atoms with van der Waals surface area (Å²) in [6.45, 7) is 0. The SMILES string of the molecule is COc1ccc(C=C(C=O)CCC=O)cc1. The molecule has 0 heterocycles. The van der Waals surface area contributed by atoms with Crippen LogP contribution in [0, 0.1) is 0 Å². The second-order valence-electron chi connectivity index (χ2n) is 3.32. The van der Waals surface area contributed by atoms with Crippen molar-refractivity contribution in [1.29, 1.82) is 0 Å². The van der Waals surface area contributed by atoms with Crippen LogP contribution >= 0.6 is 0 Å². The van der Waals surface area contributed by atoms with Crippen molar-refractivity contribution in [2.24, 2.45) is 0 Å². The van der Waals surface area contributed by atoms with Gasteiger partial charge in [0.1, 0.15) is 18.3 Å². The van der Waals surface area contributed by atoms with E-state index in [0.717, 1.165) is 23.9 Å². The minimum absolute atomic E-state index is 0.376. The maximum Gasteiger partial charge on any atom is 0.146 e. The molecule has 0 fully saturated rings. The molecular weight excluding hydrogens is 204 g/mol. The van der Waals surface area contributed by atoms with Crippen molar-refractivity contribution < 1.29 is 14.3 Å². The number of hydrogen-bond acceptors (Lipinski definition) is 3. The molecule has 0 saturated carbocycles. The van der Waals surface area contributed by atoms with E-state index in [1.54, 1.807) is 13.2 Å². The summed E-state index contributed by atoms with van der Waals surface area (Å²) in [5, 5.41) is 0. The van der Waals surface area contributed by atoms with Gasteiger partial charge in [0.05, 0.1) is 7.11 Å². The second kappa shape index (κ2) is 6.56. The van der Waals surface area contributed by atoms with Crippen molar-refractivity contribution in [2.75, 3.05) is 7.11 Å². The van der Waals surface area contributed by atoms with E-state index in [-0.39, 0.29) is 0 Å². The van der Waals surface area contributed by atoms with Gasteiger partial charge in [-0.15, -0.1) is 0 Å². The lowest BCUT2D eigenvalue weighted by Crippen LogP contribution is -1.87. The van der Waals surface area contributed by atoms with Crippen molar-refractivity contribution in [3.05, 3.63) is 35.4 Å². The Morgan fingerprint density at radius 2 is 1.94 bits per heavy atom. The highest BCUT2D eigenvalue weighted by Gasteiger charge is 1.97. The average Bonchev–Trinajstić information content (AvgIpc) is 2.35. The van der Waals surface area contributed by atoms with Gasteiger partial charge < -0.3 is 9.53 Å². The van der Waals surface area contributed by atoms with E-state index in [1.165, 1.54) is 0 Å². The number of aldehydes is 2. The van der Waals surface area contributed by atoms with Gasteiger partial charge in [0.25, 0.3) is 0 Å². The van der Waals surface area contributed by atoms with Crippen molar-refractivity contribution in [2.45, 2.75) is 12.8 Å². The van der Waals surface area contributed by atoms with E-state index < -0.39 is 0 Å². The molecule has 0 aliphatic rings. The fourth-order valence-electron chi connectivity index (χ4n) is 1.30. The van der Waals surface area contributed by atoms with E-state index in [9.17, 15) is 9.59 Å². The first kappa shape index (κ1) is 12.2. The fourth-order valence-corrected chi connectivity index (χ4v) is 1.30. The lowest BCUT2D eigenvalue weighted by molar-refractivity contribution is -0.107. The topological polar surface area (TPSA) is 43.4 Å². The number of rotatable bonds is 6. The van der Waals surface area contributed by atoms with Crippen LogP contribution in [0.1, 0.15) is 18.4 Å². The monoisotopic (exact) mass is 218 g/mol. The van der Waals surface area contributed by atoms with Crippen LogP contribution in [0.5, 0.6) is 5.75 Å². The predicted octanol–water partition coefficient (Wildman–Crippen LogP) is 2.26. The van der Waals surface area contributed by atoms with E-state index in [4.69, 9.17) is 4.74 Å². The third kappa shape index (κ3) is 3.69. The molecule has 0 radical (unpaired) electrons. The van der Waals surface area contributed by atoms with Crippen LogP contribution in [0.4, 0.5) is 0 Å². The second-order valence-corrected chi connectivity index (χ2v) is 3.32. The molecule has 0 aliphatic heterocycles. The predicted molar refractivity (Wildman–Crippen MR) is 62.3 cm³/mol. The zero-order valence-corrected chi connectivity index (χ0v) is 9.18. The highest BCUT2D eigenvalue weighted by molar-refractivity contribution is 5.82. The summed E-state index contributed by atoms with van der Waals surface area (Å²) in [6, 6.07) is 7.38. The Hall–Kier alpha value is -1.90. The summed E-state index contributed by atoms with van der Waals surface area (Å²) in [4.78, 5) is 20.9. The number of benzene rings is 1. The zero-order chi connectivity index (χ0) is 11.8. The normalized spacial score (nSPS) is 10.9. The van der Waals surface area contributed by atoms with Crippen LogP contribution in [0.3, 0.4) is 0 Å². The summed E-state index contributed by atoms with van der Waals surface area (Å²) >= 11 is 0. The molecule has 0 N–H and O–H groups in total. The fraction of sp³-hybridized carbons (Fsp3) is 0.231. The number of ether oxygens (including phenoxy) is 1. The van der Waals surface area contributed by atoms with E-state index in [0.29, 0.717) is 18.4 Å². The number of methoxy groups -OCH3 is 1. The van der Waals surface area contributed by atoms with Gasteiger partial charge in [0.2, 0.25) is 0 Å². The van der Waals surface area contributed by atoms with Gasteiger partial charge in [-0.25, -0.2) is 0 Å².